The molecule has 1 amide bonds. The number of hydrogen-bond acceptors (Lipinski definition) is 4. The van der Waals surface area contributed by atoms with Crippen molar-refractivity contribution in [3.05, 3.63) is 84.1 Å². The Labute approximate surface area is 165 Å². The molecule has 1 saturated heterocycles. The van der Waals surface area contributed by atoms with Crippen molar-refractivity contribution in [3.8, 4) is 0 Å². The van der Waals surface area contributed by atoms with Gasteiger partial charge in [-0.3, -0.25) is 4.79 Å². The first-order valence-corrected chi connectivity index (χ1v) is 9.68. The second kappa shape index (κ2) is 8.57. The molecule has 0 aliphatic carbocycles. The van der Waals surface area contributed by atoms with E-state index in [1.165, 1.54) is 24.1 Å². The van der Waals surface area contributed by atoms with Gasteiger partial charge in [-0.25, -0.2) is 4.98 Å². The van der Waals surface area contributed by atoms with E-state index in [9.17, 15) is 4.79 Å². The molecular weight excluding hydrogens is 348 g/mol. The van der Waals surface area contributed by atoms with Gasteiger partial charge < -0.3 is 15.5 Å². The summed E-state index contributed by atoms with van der Waals surface area (Å²) in [4.78, 5) is 19.2. The monoisotopic (exact) mass is 372 g/mol. The van der Waals surface area contributed by atoms with Crippen LogP contribution in [-0.2, 0) is 6.54 Å². The normalized spacial score (nSPS) is 13.4. The summed E-state index contributed by atoms with van der Waals surface area (Å²) in [5.74, 6) is 0.589. The van der Waals surface area contributed by atoms with E-state index < -0.39 is 0 Å². The Hall–Kier alpha value is -3.34. The number of benzene rings is 2. The summed E-state index contributed by atoms with van der Waals surface area (Å²) in [6.45, 7) is 2.92. The third-order valence-corrected chi connectivity index (χ3v) is 4.94. The lowest BCUT2D eigenvalue weighted by Gasteiger charge is -2.17. The van der Waals surface area contributed by atoms with Crippen LogP contribution >= 0.6 is 0 Å². The summed E-state index contributed by atoms with van der Waals surface area (Å²) < 4.78 is 0. The number of rotatable bonds is 6. The summed E-state index contributed by atoms with van der Waals surface area (Å²) in [5.41, 5.74) is 3.72. The molecule has 0 bridgehead atoms. The third-order valence-electron chi connectivity index (χ3n) is 4.94. The van der Waals surface area contributed by atoms with E-state index in [0.717, 1.165) is 24.6 Å². The van der Waals surface area contributed by atoms with Crippen LogP contribution in [0.3, 0.4) is 0 Å². The highest BCUT2D eigenvalue weighted by Gasteiger charge is 2.12. The Morgan fingerprint density at radius 1 is 0.929 bits per heavy atom. The van der Waals surface area contributed by atoms with Crippen LogP contribution in [0.5, 0.6) is 0 Å². The molecule has 5 heteroatoms. The highest BCUT2D eigenvalue weighted by Crippen LogP contribution is 2.22. The lowest BCUT2D eigenvalue weighted by atomic mass is 10.2. The fourth-order valence-corrected chi connectivity index (χ4v) is 3.36. The van der Waals surface area contributed by atoms with Crippen molar-refractivity contribution >= 4 is 23.1 Å². The molecule has 142 valence electrons. The number of carbonyl (C=O) groups excluding carboxylic acids is 1. The summed E-state index contributed by atoms with van der Waals surface area (Å²) in [7, 11) is 0. The van der Waals surface area contributed by atoms with E-state index in [0.29, 0.717) is 12.1 Å². The topological polar surface area (TPSA) is 57.3 Å². The van der Waals surface area contributed by atoms with E-state index >= 15 is 0 Å². The molecule has 2 heterocycles. The van der Waals surface area contributed by atoms with Gasteiger partial charge in [0.05, 0.1) is 5.56 Å². The van der Waals surface area contributed by atoms with Crippen LogP contribution in [0, 0.1) is 0 Å². The molecule has 0 radical (unpaired) electrons. The first-order chi connectivity index (χ1) is 13.8. The second-order valence-electron chi connectivity index (χ2n) is 6.97. The zero-order chi connectivity index (χ0) is 19.2. The first-order valence-electron chi connectivity index (χ1n) is 9.68. The molecule has 3 aromatic rings. The molecule has 1 aliphatic rings. The average Bonchev–Trinajstić information content (AvgIpc) is 3.29. The summed E-state index contributed by atoms with van der Waals surface area (Å²) in [6.07, 6.45) is 4.10. The fraction of sp³-hybridized carbons (Fsp3) is 0.217. The van der Waals surface area contributed by atoms with Crippen LogP contribution in [0.2, 0.25) is 0 Å². The van der Waals surface area contributed by atoms with Gasteiger partial charge in [0.2, 0.25) is 0 Å². The van der Waals surface area contributed by atoms with Gasteiger partial charge in [0.25, 0.3) is 5.91 Å². The second-order valence-corrected chi connectivity index (χ2v) is 6.97. The number of pyridine rings is 1. The van der Waals surface area contributed by atoms with Gasteiger partial charge in [0.1, 0.15) is 5.82 Å². The molecule has 1 aromatic heterocycles. The van der Waals surface area contributed by atoms with E-state index in [1.54, 1.807) is 12.3 Å². The van der Waals surface area contributed by atoms with E-state index in [4.69, 9.17) is 0 Å². The van der Waals surface area contributed by atoms with E-state index in [-0.39, 0.29) is 5.91 Å². The zero-order valence-corrected chi connectivity index (χ0v) is 15.8. The number of anilines is 3. The van der Waals surface area contributed by atoms with Gasteiger partial charge >= 0.3 is 0 Å². The largest absolute Gasteiger partial charge is 0.372 e. The Morgan fingerprint density at radius 2 is 1.68 bits per heavy atom. The van der Waals surface area contributed by atoms with Crippen molar-refractivity contribution in [1.82, 2.24) is 4.98 Å². The molecule has 0 unspecified atom stereocenters. The van der Waals surface area contributed by atoms with E-state index in [1.807, 2.05) is 36.4 Å². The van der Waals surface area contributed by atoms with E-state index in [2.05, 4.69) is 44.8 Å². The molecule has 1 fully saturated rings. The smallest absolute Gasteiger partial charge is 0.257 e. The van der Waals surface area contributed by atoms with Gasteiger partial charge in [0.15, 0.2) is 0 Å². The van der Waals surface area contributed by atoms with Crippen LogP contribution < -0.4 is 15.5 Å². The number of aromatic nitrogens is 1. The molecule has 1 aliphatic heterocycles. The maximum Gasteiger partial charge on any atom is 0.257 e. The van der Waals surface area contributed by atoms with Crippen molar-refractivity contribution < 1.29 is 4.79 Å². The van der Waals surface area contributed by atoms with Crippen LogP contribution in [-0.4, -0.2) is 24.0 Å². The highest BCUT2D eigenvalue weighted by molar-refractivity contribution is 6.04. The van der Waals surface area contributed by atoms with Crippen molar-refractivity contribution in [2.75, 3.05) is 28.6 Å². The number of nitrogens with one attached hydrogen (secondary N) is 2. The molecule has 28 heavy (non-hydrogen) atoms. The predicted octanol–water partition coefficient (Wildman–Crippen LogP) is 4.55. The molecular formula is C23H24N4O. The van der Waals surface area contributed by atoms with Crippen LogP contribution in [0.15, 0.2) is 72.9 Å². The van der Waals surface area contributed by atoms with Gasteiger partial charge in [-0.05, 0) is 54.8 Å². The first kappa shape index (κ1) is 18.0. The SMILES string of the molecule is O=C(Nc1ccc(N2CCCC2)cc1)c1ccc(NCc2ccccc2)nc1. The summed E-state index contributed by atoms with van der Waals surface area (Å²) >= 11 is 0. The standard InChI is InChI=1S/C23H24N4O/c28-23(26-20-9-11-21(12-10-20)27-14-4-5-15-27)19-8-13-22(25-17-19)24-16-18-6-2-1-3-7-18/h1-3,6-13,17H,4-5,14-16H2,(H,24,25)(H,26,28). The van der Waals surface area contributed by atoms with Gasteiger partial charge in [-0.15, -0.1) is 0 Å². The number of hydrogen-bond donors (Lipinski definition) is 2. The maximum atomic E-state index is 12.5. The molecule has 0 spiro atoms. The Bertz CT molecular complexity index is 902. The Morgan fingerprint density at radius 3 is 2.36 bits per heavy atom. The molecule has 2 aromatic carbocycles. The minimum atomic E-state index is -0.156. The molecule has 0 atom stereocenters. The lowest BCUT2D eigenvalue weighted by molar-refractivity contribution is 0.102. The quantitative estimate of drug-likeness (QED) is 0.667. The fourth-order valence-electron chi connectivity index (χ4n) is 3.36. The van der Waals surface area contributed by atoms with Crippen LogP contribution in [0.1, 0.15) is 28.8 Å². The van der Waals surface area contributed by atoms with Gasteiger partial charge in [0, 0.05) is 37.2 Å². The molecule has 0 saturated carbocycles. The molecule has 4 rings (SSSR count). The number of carbonyl (C=O) groups is 1. The highest BCUT2D eigenvalue weighted by atomic mass is 16.1. The van der Waals surface area contributed by atoms with Crippen molar-refractivity contribution in [1.29, 1.82) is 0 Å². The minimum absolute atomic E-state index is 0.156. The Balaban J connectivity index is 1.33. The summed E-state index contributed by atoms with van der Waals surface area (Å²) in [5, 5.41) is 6.20. The lowest BCUT2D eigenvalue weighted by Crippen LogP contribution is -2.17. The third kappa shape index (κ3) is 4.49. The average molecular weight is 372 g/mol. The number of nitrogens with zero attached hydrogens (tertiary/aromatic N) is 2. The van der Waals surface area contributed by atoms with Gasteiger partial charge in [-0.2, -0.15) is 0 Å². The minimum Gasteiger partial charge on any atom is -0.372 e. The van der Waals surface area contributed by atoms with Crippen molar-refractivity contribution in [3.63, 3.8) is 0 Å². The molecule has 5 nitrogen and oxygen atoms in total. The van der Waals surface area contributed by atoms with Crippen LogP contribution in [0.25, 0.3) is 0 Å². The maximum absolute atomic E-state index is 12.5. The van der Waals surface area contributed by atoms with Crippen molar-refractivity contribution in [2.24, 2.45) is 0 Å². The van der Waals surface area contributed by atoms with Crippen LogP contribution in [0.4, 0.5) is 17.2 Å². The Kier molecular flexibility index (Phi) is 5.52. The zero-order valence-electron chi connectivity index (χ0n) is 15.8. The number of amides is 1. The predicted molar refractivity (Wildman–Crippen MR) is 114 cm³/mol. The molecule has 2 N–H and O–H groups in total. The summed E-state index contributed by atoms with van der Waals surface area (Å²) in [6, 6.07) is 21.8. The van der Waals surface area contributed by atoms with Gasteiger partial charge in [-0.1, -0.05) is 30.3 Å². The van der Waals surface area contributed by atoms with Crippen molar-refractivity contribution in [2.45, 2.75) is 19.4 Å².